The van der Waals surface area contributed by atoms with E-state index in [-0.39, 0.29) is 11.5 Å². The highest BCUT2D eigenvalue weighted by Crippen LogP contribution is 2.33. The first-order valence-electron chi connectivity index (χ1n) is 5.47. The molecule has 1 aliphatic rings. The maximum Gasteiger partial charge on any atom is 0.308 e. The molecule has 1 N–H and O–H groups in total. The van der Waals surface area contributed by atoms with E-state index in [0.717, 1.165) is 25.9 Å². The smallest absolute Gasteiger partial charge is 0.308 e. The lowest BCUT2D eigenvalue weighted by molar-refractivity contribution is -0.150. The first-order valence-corrected chi connectivity index (χ1v) is 5.47. The van der Waals surface area contributed by atoms with Crippen molar-refractivity contribution in [3.63, 3.8) is 0 Å². The van der Waals surface area contributed by atoms with Gasteiger partial charge >= 0.3 is 5.97 Å². The van der Waals surface area contributed by atoms with Gasteiger partial charge in [-0.3, -0.25) is 9.69 Å². The van der Waals surface area contributed by atoms with Crippen LogP contribution < -0.4 is 0 Å². The maximum absolute atomic E-state index is 11.1. The van der Waals surface area contributed by atoms with Crippen molar-refractivity contribution in [3.8, 4) is 0 Å². The number of carbonyl (C=O) groups is 1. The number of carboxylic acids is 1. The van der Waals surface area contributed by atoms with Crippen molar-refractivity contribution in [1.82, 2.24) is 4.90 Å². The molecular formula is C11H21NO3. The topological polar surface area (TPSA) is 49.8 Å². The van der Waals surface area contributed by atoms with Gasteiger partial charge in [-0.05, 0) is 33.2 Å². The van der Waals surface area contributed by atoms with E-state index in [4.69, 9.17) is 9.84 Å². The van der Waals surface area contributed by atoms with Crippen LogP contribution in [0.15, 0.2) is 0 Å². The highest BCUT2D eigenvalue weighted by atomic mass is 16.5. The summed E-state index contributed by atoms with van der Waals surface area (Å²) in [5.74, 6) is -0.940. The Labute approximate surface area is 91.2 Å². The molecule has 0 aromatic rings. The van der Waals surface area contributed by atoms with Crippen LogP contribution in [0.1, 0.15) is 26.7 Å². The molecular weight excluding hydrogens is 194 g/mol. The molecule has 1 unspecified atom stereocenters. The minimum absolute atomic E-state index is 0.261. The zero-order valence-corrected chi connectivity index (χ0v) is 9.82. The lowest BCUT2D eigenvalue weighted by atomic mass is 9.79. The van der Waals surface area contributed by atoms with Crippen molar-refractivity contribution in [1.29, 1.82) is 0 Å². The zero-order valence-electron chi connectivity index (χ0n) is 9.82. The monoisotopic (exact) mass is 215 g/mol. The molecule has 0 aromatic carbocycles. The van der Waals surface area contributed by atoms with E-state index in [1.54, 1.807) is 7.11 Å². The van der Waals surface area contributed by atoms with Crippen molar-refractivity contribution in [2.45, 2.75) is 32.2 Å². The van der Waals surface area contributed by atoms with Gasteiger partial charge in [-0.25, -0.2) is 0 Å². The molecule has 1 aliphatic heterocycles. The molecule has 0 spiro atoms. The molecule has 15 heavy (non-hydrogen) atoms. The second-order valence-electron chi connectivity index (χ2n) is 4.67. The average Bonchev–Trinajstić information content (AvgIpc) is 2.14. The number of carboxylic acid groups (broad SMARTS) is 1. The SMILES string of the molecule is COCCN1CCCC(C(=O)O)C1(C)C. The zero-order chi connectivity index (χ0) is 11.5. The largest absolute Gasteiger partial charge is 0.481 e. The number of piperidine rings is 1. The number of aliphatic carboxylic acids is 1. The van der Waals surface area contributed by atoms with Gasteiger partial charge < -0.3 is 9.84 Å². The molecule has 0 aromatic heterocycles. The number of hydrogen-bond donors (Lipinski definition) is 1. The van der Waals surface area contributed by atoms with Crippen LogP contribution in [0.2, 0.25) is 0 Å². The number of methoxy groups -OCH3 is 1. The van der Waals surface area contributed by atoms with Crippen molar-refractivity contribution >= 4 is 5.97 Å². The van der Waals surface area contributed by atoms with Crippen LogP contribution in [0.4, 0.5) is 0 Å². The predicted molar refractivity (Wildman–Crippen MR) is 57.9 cm³/mol. The minimum atomic E-state index is -0.679. The molecule has 88 valence electrons. The molecule has 0 bridgehead atoms. The molecule has 0 radical (unpaired) electrons. The Bertz CT molecular complexity index is 228. The molecule has 4 heteroatoms. The van der Waals surface area contributed by atoms with Gasteiger partial charge in [0.25, 0.3) is 0 Å². The van der Waals surface area contributed by atoms with E-state index in [0.29, 0.717) is 6.61 Å². The third-order valence-electron chi connectivity index (χ3n) is 3.45. The third-order valence-corrected chi connectivity index (χ3v) is 3.45. The summed E-state index contributed by atoms with van der Waals surface area (Å²) in [6.07, 6.45) is 1.75. The molecule has 1 atom stereocenters. The summed E-state index contributed by atoms with van der Waals surface area (Å²) in [6, 6.07) is 0. The van der Waals surface area contributed by atoms with E-state index < -0.39 is 5.97 Å². The Morgan fingerprint density at radius 2 is 2.27 bits per heavy atom. The molecule has 4 nitrogen and oxygen atoms in total. The van der Waals surface area contributed by atoms with Crippen molar-refractivity contribution < 1.29 is 14.6 Å². The van der Waals surface area contributed by atoms with Crippen LogP contribution in [0.3, 0.4) is 0 Å². The van der Waals surface area contributed by atoms with Gasteiger partial charge in [-0.1, -0.05) is 0 Å². The van der Waals surface area contributed by atoms with Crippen LogP contribution in [0.25, 0.3) is 0 Å². The van der Waals surface area contributed by atoms with Gasteiger partial charge in [0, 0.05) is 19.2 Å². The standard InChI is InChI=1S/C11H21NO3/c1-11(2)9(10(13)14)5-4-6-12(11)7-8-15-3/h9H,4-8H2,1-3H3,(H,13,14). The Morgan fingerprint density at radius 3 is 2.80 bits per heavy atom. The minimum Gasteiger partial charge on any atom is -0.481 e. The quantitative estimate of drug-likeness (QED) is 0.765. The maximum atomic E-state index is 11.1. The second-order valence-corrected chi connectivity index (χ2v) is 4.67. The summed E-state index contributed by atoms with van der Waals surface area (Å²) in [5.41, 5.74) is -0.261. The lowest BCUT2D eigenvalue weighted by Crippen LogP contribution is -2.56. The van der Waals surface area contributed by atoms with E-state index in [9.17, 15) is 4.79 Å². The van der Waals surface area contributed by atoms with E-state index >= 15 is 0 Å². The van der Waals surface area contributed by atoms with E-state index in [1.807, 2.05) is 13.8 Å². The highest BCUT2D eigenvalue weighted by Gasteiger charge is 2.42. The van der Waals surface area contributed by atoms with Gasteiger partial charge in [0.2, 0.25) is 0 Å². The fourth-order valence-corrected chi connectivity index (χ4v) is 2.38. The van der Waals surface area contributed by atoms with Gasteiger partial charge in [-0.2, -0.15) is 0 Å². The highest BCUT2D eigenvalue weighted by molar-refractivity contribution is 5.71. The number of nitrogens with zero attached hydrogens (tertiary/aromatic N) is 1. The van der Waals surface area contributed by atoms with Crippen molar-refractivity contribution in [3.05, 3.63) is 0 Å². The molecule has 1 heterocycles. The van der Waals surface area contributed by atoms with Crippen LogP contribution in [0, 0.1) is 5.92 Å². The summed E-state index contributed by atoms with van der Waals surface area (Å²) >= 11 is 0. The first-order chi connectivity index (χ1) is 7.00. The summed E-state index contributed by atoms with van der Waals surface area (Å²) in [6.45, 7) is 6.48. The molecule has 1 saturated heterocycles. The van der Waals surface area contributed by atoms with Crippen LogP contribution in [-0.2, 0) is 9.53 Å². The van der Waals surface area contributed by atoms with Crippen molar-refractivity contribution in [2.75, 3.05) is 26.8 Å². The fraction of sp³-hybridized carbons (Fsp3) is 0.909. The van der Waals surface area contributed by atoms with Gasteiger partial charge in [0.1, 0.15) is 0 Å². The van der Waals surface area contributed by atoms with E-state index in [2.05, 4.69) is 4.90 Å². The molecule has 1 rings (SSSR count). The lowest BCUT2D eigenvalue weighted by Gasteiger charge is -2.46. The third kappa shape index (κ3) is 2.69. The first kappa shape index (κ1) is 12.5. The number of ether oxygens (including phenoxy) is 1. The summed E-state index contributed by atoms with van der Waals surface area (Å²) in [7, 11) is 1.67. The van der Waals surface area contributed by atoms with E-state index in [1.165, 1.54) is 0 Å². The molecule has 0 saturated carbocycles. The molecule has 0 aliphatic carbocycles. The molecule has 1 fully saturated rings. The normalized spacial score (nSPS) is 26.5. The van der Waals surface area contributed by atoms with Gasteiger partial charge in [0.15, 0.2) is 0 Å². The molecule has 0 amide bonds. The number of hydrogen-bond acceptors (Lipinski definition) is 3. The number of likely N-dealkylation sites (tertiary alicyclic amines) is 1. The van der Waals surface area contributed by atoms with Crippen molar-refractivity contribution in [2.24, 2.45) is 5.92 Å². The summed E-state index contributed by atoms with van der Waals surface area (Å²) in [5, 5.41) is 9.16. The van der Waals surface area contributed by atoms with Crippen LogP contribution in [0.5, 0.6) is 0 Å². The second kappa shape index (κ2) is 4.94. The van der Waals surface area contributed by atoms with Gasteiger partial charge in [-0.15, -0.1) is 0 Å². The predicted octanol–water partition coefficient (Wildman–Crippen LogP) is 1.21. The van der Waals surface area contributed by atoms with Crippen LogP contribution in [-0.4, -0.2) is 48.3 Å². The van der Waals surface area contributed by atoms with Crippen LogP contribution >= 0.6 is 0 Å². The number of rotatable bonds is 4. The average molecular weight is 215 g/mol. The Morgan fingerprint density at radius 1 is 1.60 bits per heavy atom. The Hall–Kier alpha value is -0.610. The summed E-state index contributed by atoms with van der Waals surface area (Å²) < 4.78 is 5.04. The fourth-order valence-electron chi connectivity index (χ4n) is 2.38. The van der Waals surface area contributed by atoms with Gasteiger partial charge in [0.05, 0.1) is 12.5 Å². The summed E-state index contributed by atoms with van der Waals surface area (Å²) in [4.78, 5) is 13.4. The Kier molecular flexibility index (Phi) is 4.11. The Balaban J connectivity index is 2.68.